The molecule has 3 rings (SSSR count). The van der Waals surface area contributed by atoms with Crippen molar-refractivity contribution in [3.8, 4) is 0 Å². The molecule has 90 valence electrons. The Kier molecular flexibility index (Phi) is 2.46. The van der Waals surface area contributed by atoms with Crippen LogP contribution in [0.15, 0.2) is 12.4 Å². The van der Waals surface area contributed by atoms with Crippen LogP contribution in [0.25, 0.3) is 5.65 Å². The summed E-state index contributed by atoms with van der Waals surface area (Å²) in [7, 11) is 0. The molecular formula is C12H17N5. The zero-order valence-corrected chi connectivity index (χ0v) is 10.2. The van der Waals surface area contributed by atoms with Crippen molar-refractivity contribution in [1.29, 1.82) is 0 Å². The Morgan fingerprint density at radius 3 is 3.00 bits per heavy atom. The van der Waals surface area contributed by atoms with Crippen LogP contribution in [0.5, 0.6) is 0 Å². The van der Waals surface area contributed by atoms with Crippen LogP contribution in [-0.4, -0.2) is 25.6 Å². The van der Waals surface area contributed by atoms with Crippen LogP contribution < -0.4 is 5.32 Å². The maximum absolute atomic E-state index is 4.37. The molecular weight excluding hydrogens is 214 g/mol. The van der Waals surface area contributed by atoms with Gasteiger partial charge in [0.05, 0.1) is 0 Å². The van der Waals surface area contributed by atoms with Crippen LogP contribution in [0.4, 0.5) is 5.82 Å². The number of anilines is 1. The number of fused-ring (bicyclic) bond motifs is 1. The Morgan fingerprint density at radius 1 is 1.35 bits per heavy atom. The predicted molar refractivity (Wildman–Crippen MR) is 65.9 cm³/mol. The summed E-state index contributed by atoms with van der Waals surface area (Å²) in [4.78, 5) is 4.37. The van der Waals surface area contributed by atoms with Gasteiger partial charge in [-0.3, -0.25) is 4.40 Å². The van der Waals surface area contributed by atoms with Gasteiger partial charge in [0, 0.05) is 18.4 Å². The Bertz CT molecular complexity index is 533. The van der Waals surface area contributed by atoms with Gasteiger partial charge in [0.2, 0.25) is 5.65 Å². The van der Waals surface area contributed by atoms with Gasteiger partial charge >= 0.3 is 0 Å². The Labute approximate surface area is 100 Å². The second-order valence-electron chi connectivity index (χ2n) is 4.98. The molecule has 0 radical (unpaired) electrons. The SMILES string of the molecule is Cc1nnc2c(NC3CCC(C)C3)nccn12. The first-order valence-electron chi connectivity index (χ1n) is 6.17. The first kappa shape index (κ1) is 10.5. The van der Waals surface area contributed by atoms with Gasteiger partial charge in [-0.25, -0.2) is 4.98 Å². The summed E-state index contributed by atoms with van der Waals surface area (Å²) in [5, 5.41) is 11.7. The molecule has 0 spiro atoms. The molecule has 0 saturated heterocycles. The average molecular weight is 231 g/mol. The third-order valence-corrected chi connectivity index (χ3v) is 3.53. The molecule has 2 aromatic rings. The van der Waals surface area contributed by atoms with Crippen molar-refractivity contribution in [2.24, 2.45) is 5.92 Å². The molecule has 1 saturated carbocycles. The van der Waals surface area contributed by atoms with E-state index in [1.165, 1.54) is 19.3 Å². The third-order valence-electron chi connectivity index (χ3n) is 3.53. The number of hydrogen-bond acceptors (Lipinski definition) is 4. The van der Waals surface area contributed by atoms with Crippen LogP contribution in [0, 0.1) is 12.8 Å². The van der Waals surface area contributed by atoms with Crippen molar-refractivity contribution in [1.82, 2.24) is 19.6 Å². The number of hydrogen-bond donors (Lipinski definition) is 1. The number of nitrogens with one attached hydrogen (secondary N) is 1. The van der Waals surface area contributed by atoms with Crippen molar-refractivity contribution in [2.75, 3.05) is 5.32 Å². The van der Waals surface area contributed by atoms with Gasteiger partial charge in [-0.2, -0.15) is 0 Å². The van der Waals surface area contributed by atoms with Crippen molar-refractivity contribution >= 4 is 11.5 Å². The fraction of sp³-hybridized carbons (Fsp3) is 0.583. The summed E-state index contributed by atoms with van der Waals surface area (Å²) in [6, 6.07) is 0.528. The molecule has 2 aromatic heterocycles. The maximum Gasteiger partial charge on any atom is 0.203 e. The van der Waals surface area contributed by atoms with E-state index in [0.29, 0.717) is 6.04 Å². The van der Waals surface area contributed by atoms with Gasteiger partial charge in [-0.05, 0) is 32.1 Å². The molecule has 2 heterocycles. The highest BCUT2D eigenvalue weighted by Crippen LogP contribution is 2.27. The van der Waals surface area contributed by atoms with Crippen LogP contribution in [0.1, 0.15) is 32.0 Å². The molecule has 5 heteroatoms. The molecule has 5 nitrogen and oxygen atoms in total. The minimum absolute atomic E-state index is 0.528. The maximum atomic E-state index is 4.37. The fourth-order valence-corrected chi connectivity index (χ4v) is 2.57. The van der Waals surface area contributed by atoms with E-state index in [2.05, 4.69) is 27.4 Å². The van der Waals surface area contributed by atoms with Crippen molar-refractivity contribution in [3.63, 3.8) is 0 Å². The normalized spacial score (nSPS) is 24.4. The van der Waals surface area contributed by atoms with Crippen LogP contribution in [0.3, 0.4) is 0 Å². The predicted octanol–water partition coefficient (Wildman–Crippen LogP) is 2.03. The minimum Gasteiger partial charge on any atom is -0.364 e. The Hall–Kier alpha value is -1.65. The highest BCUT2D eigenvalue weighted by atomic mass is 15.3. The van der Waals surface area contributed by atoms with E-state index in [4.69, 9.17) is 0 Å². The first-order valence-corrected chi connectivity index (χ1v) is 6.17. The fourth-order valence-electron chi connectivity index (χ4n) is 2.57. The quantitative estimate of drug-likeness (QED) is 0.859. The lowest BCUT2D eigenvalue weighted by Crippen LogP contribution is -2.17. The molecule has 1 fully saturated rings. The molecule has 2 unspecified atom stereocenters. The molecule has 0 aliphatic heterocycles. The number of nitrogens with zero attached hydrogens (tertiary/aromatic N) is 4. The summed E-state index contributed by atoms with van der Waals surface area (Å²) in [6.07, 6.45) is 7.43. The standard InChI is InChI=1S/C12H17N5/c1-8-3-4-10(7-8)14-11-12-16-15-9(2)17(12)6-5-13-11/h5-6,8,10H,3-4,7H2,1-2H3,(H,13,14). The lowest BCUT2D eigenvalue weighted by molar-refractivity contribution is 0.602. The highest BCUT2D eigenvalue weighted by molar-refractivity contribution is 5.62. The Morgan fingerprint density at radius 2 is 2.24 bits per heavy atom. The number of aromatic nitrogens is 4. The summed E-state index contributed by atoms with van der Waals surface area (Å²) in [6.45, 7) is 4.25. The zero-order valence-electron chi connectivity index (χ0n) is 10.2. The topological polar surface area (TPSA) is 55.1 Å². The van der Waals surface area contributed by atoms with Crippen LogP contribution in [0.2, 0.25) is 0 Å². The second-order valence-corrected chi connectivity index (χ2v) is 4.98. The van der Waals surface area contributed by atoms with E-state index in [1.54, 1.807) is 6.20 Å². The number of aryl methyl sites for hydroxylation is 1. The van der Waals surface area contributed by atoms with E-state index in [0.717, 1.165) is 23.2 Å². The zero-order chi connectivity index (χ0) is 11.8. The molecule has 2 atom stereocenters. The highest BCUT2D eigenvalue weighted by Gasteiger charge is 2.22. The summed E-state index contributed by atoms with van der Waals surface area (Å²) in [5.74, 6) is 2.56. The third kappa shape index (κ3) is 1.85. The average Bonchev–Trinajstić information content (AvgIpc) is 2.88. The van der Waals surface area contributed by atoms with E-state index < -0.39 is 0 Å². The van der Waals surface area contributed by atoms with Crippen LogP contribution >= 0.6 is 0 Å². The monoisotopic (exact) mass is 231 g/mol. The van der Waals surface area contributed by atoms with Crippen molar-refractivity contribution in [3.05, 3.63) is 18.2 Å². The van der Waals surface area contributed by atoms with Gasteiger partial charge < -0.3 is 5.32 Å². The Balaban J connectivity index is 1.90. The second kappa shape index (κ2) is 3.98. The smallest absolute Gasteiger partial charge is 0.203 e. The minimum atomic E-state index is 0.528. The van der Waals surface area contributed by atoms with Gasteiger partial charge in [0.25, 0.3) is 0 Å². The van der Waals surface area contributed by atoms with Gasteiger partial charge in [-0.15, -0.1) is 10.2 Å². The largest absolute Gasteiger partial charge is 0.364 e. The van der Waals surface area contributed by atoms with Crippen LogP contribution in [-0.2, 0) is 0 Å². The summed E-state index contributed by atoms with van der Waals surface area (Å²) >= 11 is 0. The number of rotatable bonds is 2. The molecule has 1 aliphatic rings. The molecule has 17 heavy (non-hydrogen) atoms. The summed E-state index contributed by atoms with van der Waals surface area (Å²) in [5.41, 5.74) is 0.824. The molecule has 0 bridgehead atoms. The van der Waals surface area contributed by atoms with E-state index in [1.807, 2.05) is 17.5 Å². The molecule has 1 N–H and O–H groups in total. The van der Waals surface area contributed by atoms with Crippen molar-refractivity contribution < 1.29 is 0 Å². The van der Waals surface area contributed by atoms with E-state index in [-0.39, 0.29) is 0 Å². The lowest BCUT2D eigenvalue weighted by atomic mass is 10.1. The van der Waals surface area contributed by atoms with Crippen molar-refractivity contribution in [2.45, 2.75) is 39.2 Å². The first-order chi connectivity index (χ1) is 8.24. The summed E-state index contributed by atoms with van der Waals surface area (Å²) < 4.78 is 1.97. The molecule has 1 aliphatic carbocycles. The van der Waals surface area contributed by atoms with E-state index >= 15 is 0 Å². The van der Waals surface area contributed by atoms with Gasteiger partial charge in [-0.1, -0.05) is 6.92 Å². The molecule has 0 aromatic carbocycles. The lowest BCUT2D eigenvalue weighted by Gasteiger charge is -2.13. The molecule has 0 amide bonds. The van der Waals surface area contributed by atoms with Gasteiger partial charge in [0.1, 0.15) is 5.82 Å². The van der Waals surface area contributed by atoms with E-state index in [9.17, 15) is 0 Å². The van der Waals surface area contributed by atoms with Gasteiger partial charge in [0.15, 0.2) is 5.82 Å².